The van der Waals surface area contributed by atoms with Gasteiger partial charge in [0, 0.05) is 6.42 Å². The number of nitrogens with one attached hydrogen (secondary N) is 1. The maximum absolute atomic E-state index is 11.6. The van der Waals surface area contributed by atoms with Crippen LogP contribution in [-0.2, 0) is 15.0 Å². The van der Waals surface area contributed by atoms with Crippen molar-refractivity contribution in [2.75, 3.05) is 6.54 Å². The average molecular weight is 245 g/mol. The molecule has 2 N–H and O–H groups in total. The van der Waals surface area contributed by atoms with Crippen LogP contribution < -0.4 is 5.32 Å². The number of amides is 1. The summed E-state index contributed by atoms with van der Waals surface area (Å²) in [6.07, 6.45) is 4.89. The van der Waals surface area contributed by atoms with Gasteiger partial charge < -0.3 is 10.4 Å². The van der Waals surface area contributed by atoms with Crippen LogP contribution in [0.3, 0.4) is 0 Å². The van der Waals surface area contributed by atoms with Gasteiger partial charge in [-0.05, 0) is 12.5 Å². The van der Waals surface area contributed by atoms with E-state index in [9.17, 15) is 14.7 Å². The second-order valence-corrected chi connectivity index (χ2v) is 4.16. The molecule has 1 unspecified atom stereocenters. The topological polar surface area (TPSA) is 66.4 Å². The van der Waals surface area contributed by atoms with Gasteiger partial charge in [0.2, 0.25) is 5.91 Å². The van der Waals surface area contributed by atoms with Crippen molar-refractivity contribution in [2.24, 2.45) is 0 Å². The summed E-state index contributed by atoms with van der Waals surface area (Å²) in [5, 5.41) is 11.8. The van der Waals surface area contributed by atoms with E-state index in [1.807, 2.05) is 0 Å². The maximum atomic E-state index is 11.6. The Morgan fingerprint density at radius 1 is 1.39 bits per heavy atom. The second kappa shape index (κ2) is 5.87. The Kier molecular flexibility index (Phi) is 4.50. The summed E-state index contributed by atoms with van der Waals surface area (Å²) in [4.78, 5) is 23.0. The van der Waals surface area contributed by atoms with Gasteiger partial charge in [-0.3, -0.25) is 9.59 Å². The van der Waals surface area contributed by atoms with Crippen molar-refractivity contribution in [3.05, 3.63) is 35.9 Å². The molecule has 0 heterocycles. The van der Waals surface area contributed by atoms with E-state index in [1.54, 1.807) is 30.3 Å². The second-order valence-electron chi connectivity index (χ2n) is 4.16. The van der Waals surface area contributed by atoms with Gasteiger partial charge in [-0.1, -0.05) is 36.3 Å². The molecule has 4 heteroatoms. The van der Waals surface area contributed by atoms with E-state index in [0.29, 0.717) is 5.56 Å². The predicted molar refractivity (Wildman–Crippen MR) is 67.9 cm³/mol. The average Bonchev–Trinajstić information content (AvgIpc) is 2.37. The summed E-state index contributed by atoms with van der Waals surface area (Å²) in [7, 11) is 0. The summed E-state index contributed by atoms with van der Waals surface area (Å²) in [5.41, 5.74) is -0.659. The monoisotopic (exact) mass is 245 g/mol. The zero-order chi connectivity index (χ0) is 13.6. The Hall–Kier alpha value is -2.28. The Bertz CT molecular complexity index is 476. The molecule has 1 aromatic carbocycles. The van der Waals surface area contributed by atoms with E-state index < -0.39 is 11.4 Å². The summed E-state index contributed by atoms with van der Waals surface area (Å²) in [6.45, 7) is 1.63. The third-order valence-corrected chi connectivity index (χ3v) is 2.78. The number of rotatable bonds is 5. The molecule has 1 atom stereocenters. The Labute approximate surface area is 106 Å². The molecule has 0 bridgehead atoms. The fourth-order valence-electron chi connectivity index (χ4n) is 1.64. The first-order chi connectivity index (χ1) is 8.50. The molecule has 0 aliphatic rings. The molecule has 0 saturated carbocycles. The van der Waals surface area contributed by atoms with Crippen molar-refractivity contribution in [1.29, 1.82) is 0 Å². The lowest BCUT2D eigenvalue weighted by atomic mass is 9.79. The normalized spacial score (nSPS) is 13.1. The van der Waals surface area contributed by atoms with Crippen LogP contribution in [0.25, 0.3) is 0 Å². The molecule has 0 aromatic heterocycles. The number of benzene rings is 1. The molecule has 1 rings (SSSR count). The Balaban J connectivity index is 2.93. The van der Waals surface area contributed by atoms with E-state index in [4.69, 9.17) is 6.42 Å². The first-order valence-electron chi connectivity index (χ1n) is 5.50. The van der Waals surface area contributed by atoms with Crippen LogP contribution in [0.2, 0.25) is 0 Å². The predicted octanol–water partition coefficient (Wildman–Crippen LogP) is 1.17. The molecule has 0 radical (unpaired) electrons. The maximum Gasteiger partial charge on any atom is 0.314 e. The summed E-state index contributed by atoms with van der Waals surface area (Å²) >= 11 is 0. The standard InChI is InChI=1S/C14H15NO3/c1-3-9-15-12(16)10-14(2,13(17)18)11-7-5-4-6-8-11/h1,4-8H,9-10H2,2H3,(H,15,16)(H,17,18). The quantitative estimate of drug-likeness (QED) is 0.765. The highest BCUT2D eigenvalue weighted by Gasteiger charge is 2.37. The first kappa shape index (κ1) is 13.8. The molecule has 4 nitrogen and oxygen atoms in total. The highest BCUT2D eigenvalue weighted by atomic mass is 16.4. The van der Waals surface area contributed by atoms with Crippen molar-refractivity contribution in [2.45, 2.75) is 18.8 Å². The van der Waals surface area contributed by atoms with E-state index in [2.05, 4.69) is 11.2 Å². The number of carboxylic acids is 1. The molecule has 0 saturated heterocycles. The van der Waals surface area contributed by atoms with Crippen LogP contribution in [-0.4, -0.2) is 23.5 Å². The van der Waals surface area contributed by atoms with Gasteiger partial charge in [0.1, 0.15) is 0 Å². The van der Waals surface area contributed by atoms with Gasteiger partial charge in [0.25, 0.3) is 0 Å². The van der Waals surface area contributed by atoms with E-state index in [0.717, 1.165) is 0 Å². The third-order valence-electron chi connectivity index (χ3n) is 2.78. The molecular weight excluding hydrogens is 230 g/mol. The summed E-state index contributed by atoms with van der Waals surface area (Å²) in [5.74, 6) is 0.863. The smallest absolute Gasteiger partial charge is 0.314 e. The van der Waals surface area contributed by atoms with E-state index in [-0.39, 0.29) is 18.9 Å². The molecule has 94 valence electrons. The minimum Gasteiger partial charge on any atom is -0.481 e. The van der Waals surface area contributed by atoms with Crippen molar-refractivity contribution in [1.82, 2.24) is 5.32 Å². The lowest BCUT2D eigenvalue weighted by Gasteiger charge is -2.24. The van der Waals surface area contributed by atoms with Crippen molar-refractivity contribution in [3.8, 4) is 12.3 Å². The third kappa shape index (κ3) is 3.11. The van der Waals surface area contributed by atoms with Crippen LogP contribution in [0.5, 0.6) is 0 Å². The fourth-order valence-corrected chi connectivity index (χ4v) is 1.64. The van der Waals surface area contributed by atoms with Crippen molar-refractivity contribution >= 4 is 11.9 Å². The number of carboxylic acid groups (broad SMARTS) is 1. The minimum absolute atomic E-state index is 0.101. The van der Waals surface area contributed by atoms with Crippen LogP contribution >= 0.6 is 0 Å². The Morgan fingerprint density at radius 3 is 2.50 bits per heavy atom. The van der Waals surface area contributed by atoms with Gasteiger partial charge in [0.05, 0.1) is 12.0 Å². The zero-order valence-corrected chi connectivity index (χ0v) is 10.1. The molecular formula is C14H15NO3. The zero-order valence-electron chi connectivity index (χ0n) is 10.1. The number of hydrogen-bond acceptors (Lipinski definition) is 2. The van der Waals surface area contributed by atoms with Crippen molar-refractivity contribution in [3.63, 3.8) is 0 Å². The molecule has 0 aliphatic heterocycles. The molecule has 1 aromatic rings. The molecule has 0 aliphatic carbocycles. The van der Waals surface area contributed by atoms with Crippen LogP contribution in [0.1, 0.15) is 18.9 Å². The lowest BCUT2D eigenvalue weighted by molar-refractivity contribution is -0.145. The van der Waals surface area contributed by atoms with Gasteiger partial charge in [-0.15, -0.1) is 6.42 Å². The summed E-state index contributed by atoms with van der Waals surface area (Å²) < 4.78 is 0. The molecule has 18 heavy (non-hydrogen) atoms. The van der Waals surface area contributed by atoms with Gasteiger partial charge in [-0.25, -0.2) is 0 Å². The van der Waals surface area contributed by atoms with Crippen molar-refractivity contribution < 1.29 is 14.7 Å². The largest absolute Gasteiger partial charge is 0.481 e. The van der Waals surface area contributed by atoms with E-state index >= 15 is 0 Å². The van der Waals surface area contributed by atoms with Gasteiger partial charge in [-0.2, -0.15) is 0 Å². The highest BCUT2D eigenvalue weighted by Crippen LogP contribution is 2.27. The van der Waals surface area contributed by atoms with Crippen LogP contribution in [0.15, 0.2) is 30.3 Å². The SMILES string of the molecule is C#CCNC(=O)CC(C)(C(=O)O)c1ccccc1. The van der Waals surface area contributed by atoms with Gasteiger partial charge in [0.15, 0.2) is 0 Å². The van der Waals surface area contributed by atoms with E-state index in [1.165, 1.54) is 6.92 Å². The minimum atomic E-state index is -1.25. The lowest BCUT2D eigenvalue weighted by Crippen LogP contribution is -2.39. The molecule has 0 spiro atoms. The highest BCUT2D eigenvalue weighted by molar-refractivity contribution is 5.89. The summed E-state index contributed by atoms with van der Waals surface area (Å²) in [6, 6.07) is 8.68. The molecule has 1 amide bonds. The number of carbonyl (C=O) groups is 2. The number of carbonyl (C=O) groups excluding carboxylic acids is 1. The fraction of sp³-hybridized carbons (Fsp3) is 0.286. The molecule has 0 fully saturated rings. The Morgan fingerprint density at radius 2 is 2.00 bits per heavy atom. The number of hydrogen-bond donors (Lipinski definition) is 2. The number of terminal acetylenes is 1. The van der Waals surface area contributed by atoms with Gasteiger partial charge >= 0.3 is 5.97 Å². The first-order valence-corrected chi connectivity index (χ1v) is 5.50. The van der Waals surface area contributed by atoms with Crippen LogP contribution in [0.4, 0.5) is 0 Å². The van der Waals surface area contributed by atoms with Crippen LogP contribution in [0, 0.1) is 12.3 Å². The number of aliphatic carboxylic acids is 1.